The molecule has 0 aromatic heterocycles. The van der Waals surface area contributed by atoms with E-state index in [0.29, 0.717) is 30.6 Å². The minimum absolute atomic E-state index is 0.0681. The average Bonchev–Trinajstić information content (AvgIpc) is 2.66. The number of benzene rings is 2. The zero-order valence-corrected chi connectivity index (χ0v) is 14.7. The van der Waals surface area contributed by atoms with Crippen LogP contribution in [0.15, 0.2) is 36.4 Å². The molecule has 0 fully saturated rings. The molecule has 6 nitrogen and oxygen atoms in total. The smallest absolute Gasteiger partial charge is 0.261 e. The van der Waals surface area contributed by atoms with Crippen LogP contribution in [0, 0.1) is 0 Å². The first kappa shape index (κ1) is 18.1. The molecule has 0 aliphatic carbocycles. The monoisotopic (exact) mass is 353 g/mol. The van der Waals surface area contributed by atoms with Crippen LogP contribution in [-0.2, 0) is 4.79 Å². The Morgan fingerprint density at radius 1 is 0.962 bits per heavy atom. The maximum absolute atomic E-state index is 12.7. The normalized spacial score (nSPS) is 13.3. The number of carbonyl (C=O) groups excluding carboxylic acids is 3. The Labute approximate surface area is 152 Å². The van der Waals surface area contributed by atoms with Gasteiger partial charge in [-0.3, -0.25) is 19.3 Å². The van der Waals surface area contributed by atoms with Crippen LogP contribution < -0.4 is 11.1 Å². The lowest BCUT2D eigenvalue weighted by Crippen LogP contribution is -2.41. The third-order valence-electron chi connectivity index (χ3n) is 4.59. The van der Waals surface area contributed by atoms with E-state index in [1.165, 1.54) is 4.90 Å². The van der Waals surface area contributed by atoms with Crippen molar-refractivity contribution < 1.29 is 14.4 Å². The maximum atomic E-state index is 12.7. The Bertz CT molecular complexity index is 797. The van der Waals surface area contributed by atoms with E-state index in [-0.39, 0.29) is 30.7 Å². The van der Waals surface area contributed by atoms with Crippen molar-refractivity contribution in [2.45, 2.75) is 25.7 Å². The molecule has 1 aliphatic heterocycles. The van der Waals surface area contributed by atoms with Crippen molar-refractivity contribution >= 4 is 28.5 Å². The van der Waals surface area contributed by atoms with E-state index >= 15 is 0 Å². The Balaban J connectivity index is 1.63. The topological polar surface area (TPSA) is 92.5 Å². The SMILES string of the molecule is NCCCCNC(=O)CCCN1C(=O)c2cccc3cccc(c23)C1=O. The lowest BCUT2D eigenvalue weighted by atomic mass is 9.94. The van der Waals surface area contributed by atoms with Gasteiger partial charge in [0.2, 0.25) is 5.91 Å². The van der Waals surface area contributed by atoms with Crippen molar-refractivity contribution in [2.75, 3.05) is 19.6 Å². The molecule has 0 atom stereocenters. The number of amides is 3. The molecule has 0 spiro atoms. The van der Waals surface area contributed by atoms with Crippen molar-refractivity contribution in [1.82, 2.24) is 10.2 Å². The number of carbonyl (C=O) groups is 3. The van der Waals surface area contributed by atoms with E-state index in [1.54, 1.807) is 12.1 Å². The van der Waals surface area contributed by atoms with E-state index in [9.17, 15) is 14.4 Å². The van der Waals surface area contributed by atoms with Gasteiger partial charge in [0.05, 0.1) is 0 Å². The fourth-order valence-corrected chi connectivity index (χ4v) is 3.27. The predicted molar refractivity (Wildman–Crippen MR) is 99.8 cm³/mol. The predicted octanol–water partition coefficient (Wildman–Crippen LogP) is 2.07. The fourth-order valence-electron chi connectivity index (χ4n) is 3.27. The largest absolute Gasteiger partial charge is 0.356 e. The second kappa shape index (κ2) is 8.10. The van der Waals surface area contributed by atoms with Crippen LogP contribution in [0.3, 0.4) is 0 Å². The van der Waals surface area contributed by atoms with Gasteiger partial charge in [0.15, 0.2) is 0 Å². The lowest BCUT2D eigenvalue weighted by Gasteiger charge is -2.27. The summed E-state index contributed by atoms with van der Waals surface area (Å²) in [7, 11) is 0. The summed E-state index contributed by atoms with van der Waals surface area (Å²) in [4.78, 5) is 38.5. The van der Waals surface area contributed by atoms with Crippen molar-refractivity contribution in [3.05, 3.63) is 47.5 Å². The second-order valence-electron chi connectivity index (χ2n) is 6.42. The summed E-state index contributed by atoms with van der Waals surface area (Å²) in [6, 6.07) is 10.9. The Hall–Kier alpha value is -2.73. The number of hydrogen-bond acceptors (Lipinski definition) is 4. The van der Waals surface area contributed by atoms with Crippen LogP contribution in [-0.4, -0.2) is 42.3 Å². The maximum Gasteiger partial charge on any atom is 0.261 e. The summed E-state index contributed by atoms with van der Waals surface area (Å²) in [5, 5.41) is 4.43. The molecule has 6 heteroatoms. The number of nitrogens with one attached hydrogen (secondary N) is 1. The highest BCUT2D eigenvalue weighted by Crippen LogP contribution is 2.29. The molecule has 3 rings (SSSR count). The molecule has 2 aromatic carbocycles. The van der Waals surface area contributed by atoms with Gasteiger partial charge in [-0.05, 0) is 43.3 Å². The zero-order valence-electron chi connectivity index (χ0n) is 14.7. The van der Waals surface area contributed by atoms with Crippen molar-refractivity contribution in [2.24, 2.45) is 5.73 Å². The third-order valence-corrected chi connectivity index (χ3v) is 4.59. The van der Waals surface area contributed by atoms with Crippen molar-refractivity contribution in [3.63, 3.8) is 0 Å². The van der Waals surface area contributed by atoms with E-state index in [1.807, 2.05) is 24.3 Å². The number of rotatable bonds is 8. The third kappa shape index (κ3) is 3.60. The molecule has 0 saturated carbocycles. The Morgan fingerprint density at radius 2 is 1.62 bits per heavy atom. The highest BCUT2D eigenvalue weighted by atomic mass is 16.2. The number of nitrogens with zero attached hydrogens (tertiary/aromatic N) is 1. The van der Waals surface area contributed by atoms with E-state index in [2.05, 4.69) is 5.32 Å². The summed E-state index contributed by atoms with van der Waals surface area (Å²) >= 11 is 0. The minimum Gasteiger partial charge on any atom is -0.356 e. The fraction of sp³-hybridized carbons (Fsp3) is 0.350. The van der Waals surface area contributed by atoms with Crippen molar-refractivity contribution in [1.29, 1.82) is 0 Å². The summed E-state index contributed by atoms with van der Waals surface area (Å²) in [6.45, 7) is 1.45. The molecule has 0 radical (unpaired) electrons. The van der Waals surface area contributed by atoms with Gasteiger partial charge in [0, 0.05) is 36.0 Å². The van der Waals surface area contributed by atoms with E-state index in [4.69, 9.17) is 5.73 Å². The molecule has 3 N–H and O–H groups in total. The van der Waals surface area contributed by atoms with E-state index < -0.39 is 0 Å². The van der Waals surface area contributed by atoms with Gasteiger partial charge >= 0.3 is 0 Å². The highest BCUT2D eigenvalue weighted by Gasteiger charge is 2.32. The summed E-state index contributed by atoms with van der Waals surface area (Å²) < 4.78 is 0. The standard InChI is InChI=1S/C20H23N3O3/c21-11-1-2-12-22-17(24)10-5-13-23-19(25)15-8-3-6-14-7-4-9-16(18(14)15)20(23)26/h3-4,6-9H,1-2,5,10-13,21H2,(H,22,24). The molecule has 0 unspecified atom stereocenters. The molecule has 136 valence electrons. The minimum atomic E-state index is -0.289. The molecule has 1 heterocycles. The van der Waals surface area contributed by atoms with Crippen LogP contribution in [0.1, 0.15) is 46.4 Å². The first-order valence-electron chi connectivity index (χ1n) is 8.98. The van der Waals surface area contributed by atoms with Gasteiger partial charge in [-0.1, -0.05) is 24.3 Å². The summed E-state index contributed by atoms with van der Waals surface area (Å²) in [5.74, 6) is -0.647. The van der Waals surface area contributed by atoms with Crippen LogP contribution in [0.4, 0.5) is 0 Å². The summed E-state index contributed by atoms with van der Waals surface area (Å²) in [6.07, 6.45) is 2.46. The zero-order chi connectivity index (χ0) is 18.5. The van der Waals surface area contributed by atoms with Gasteiger partial charge in [0.1, 0.15) is 0 Å². The highest BCUT2D eigenvalue weighted by molar-refractivity contribution is 6.25. The number of hydrogen-bond donors (Lipinski definition) is 2. The number of nitrogens with two attached hydrogens (primary N) is 1. The quantitative estimate of drug-likeness (QED) is 0.561. The lowest BCUT2D eigenvalue weighted by molar-refractivity contribution is -0.121. The van der Waals surface area contributed by atoms with Crippen LogP contribution in [0.25, 0.3) is 10.8 Å². The van der Waals surface area contributed by atoms with Gasteiger partial charge in [-0.2, -0.15) is 0 Å². The molecule has 3 amide bonds. The second-order valence-corrected chi connectivity index (χ2v) is 6.42. The number of imide groups is 1. The van der Waals surface area contributed by atoms with Gasteiger partial charge in [0.25, 0.3) is 11.8 Å². The number of unbranched alkanes of at least 4 members (excludes halogenated alkanes) is 1. The average molecular weight is 353 g/mol. The molecular weight excluding hydrogens is 330 g/mol. The summed E-state index contributed by atoms with van der Waals surface area (Å²) in [5.41, 5.74) is 6.50. The van der Waals surface area contributed by atoms with Gasteiger partial charge in [-0.15, -0.1) is 0 Å². The Morgan fingerprint density at radius 3 is 2.23 bits per heavy atom. The van der Waals surface area contributed by atoms with Crippen LogP contribution >= 0.6 is 0 Å². The first-order valence-corrected chi connectivity index (χ1v) is 8.98. The Kier molecular flexibility index (Phi) is 5.63. The van der Waals surface area contributed by atoms with Crippen LogP contribution in [0.5, 0.6) is 0 Å². The molecule has 0 bridgehead atoms. The van der Waals surface area contributed by atoms with Crippen LogP contribution in [0.2, 0.25) is 0 Å². The molecular formula is C20H23N3O3. The van der Waals surface area contributed by atoms with Gasteiger partial charge < -0.3 is 11.1 Å². The molecule has 0 saturated heterocycles. The molecule has 26 heavy (non-hydrogen) atoms. The van der Waals surface area contributed by atoms with Crippen molar-refractivity contribution in [3.8, 4) is 0 Å². The molecule has 1 aliphatic rings. The first-order chi connectivity index (χ1) is 12.6. The molecule has 2 aromatic rings. The van der Waals surface area contributed by atoms with E-state index in [0.717, 1.165) is 23.6 Å². The van der Waals surface area contributed by atoms with Gasteiger partial charge in [-0.25, -0.2) is 0 Å².